The van der Waals surface area contributed by atoms with Gasteiger partial charge in [-0.15, -0.1) is 0 Å². The zero-order valence-electron chi connectivity index (χ0n) is 10.9. The third-order valence-corrected chi connectivity index (χ3v) is 3.96. The minimum atomic E-state index is -0.207. The number of hydrogen-bond donors (Lipinski definition) is 2. The zero-order valence-corrected chi connectivity index (χ0v) is 11.7. The second-order valence-corrected chi connectivity index (χ2v) is 5.25. The Morgan fingerprint density at radius 2 is 2.06 bits per heavy atom. The Labute approximate surface area is 113 Å². The van der Waals surface area contributed by atoms with Crippen LogP contribution in [0.2, 0.25) is 0 Å². The lowest BCUT2D eigenvalue weighted by Crippen LogP contribution is -2.43. The van der Waals surface area contributed by atoms with Crippen molar-refractivity contribution in [3.8, 4) is 0 Å². The normalized spacial score (nSPS) is 13.9. The van der Waals surface area contributed by atoms with Gasteiger partial charge < -0.3 is 10.4 Å². The fraction of sp³-hybridized carbons (Fsp3) is 0.500. The number of rotatable bonds is 7. The van der Waals surface area contributed by atoms with E-state index in [9.17, 15) is 9.90 Å². The summed E-state index contributed by atoms with van der Waals surface area (Å²) in [5.74, 6) is 0.0139. The summed E-state index contributed by atoms with van der Waals surface area (Å²) >= 11 is 1.54. The van der Waals surface area contributed by atoms with Gasteiger partial charge >= 0.3 is 0 Å². The average Bonchev–Trinajstić information content (AvgIpc) is 2.40. The molecule has 0 aliphatic carbocycles. The molecule has 0 aliphatic rings. The summed E-state index contributed by atoms with van der Waals surface area (Å²) in [6.45, 7) is 1.96. The Hall–Kier alpha value is -1.00. The average molecular weight is 267 g/mol. The highest BCUT2D eigenvalue weighted by atomic mass is 32.2. The van der Waals surface area contributed by atoms with Crippen LogP contribution in [0.15, 0.2) is 30.3 Å². The molecule has 1 aromatic carbocycles. The van der Waals surface area contributed by atoms with Gasteiger partial charge in [-0.25, -0.2) is 0 Å². The van der Waals surface area contributed by atoms with Crippen LogP contribution in [0.25, 0.3) is 0 Å². The predicted molar refractivity (Wildman–Crippen MR) is 76.8 cm³/mol. The van der Waals surface area contributed by atoms with Crippen molar-refractivity contribution in [2.24, 2.45) is 0 Å². The van der Waals surface area contributed by atoms with Crippen LogP contribution in [0.5, 0.6) is 0 Å². The first-order valence-corrected chi connectivity index (χ1v) is 7.48. The van der Waals surface area contributed by atoms with Crippen LogP contribution in [0, 0.1) is 0 Å². The van der Waals surface area contributed by atoms with Crippen LogP contribution >= 0.6 is 11.8 Å². The van der Waals surface area contributed by atoms with Crippen LogP contribution in [0.1, 0.15) is 18.9 Å². The van der Waals surface area contributed by atoms with Gasteiger partial charge in [0.2, 0.25) is 5.91 Å². The van der Waals surface area contributed by atoms with Gasteiger partial charge in [-0.3, -0.25) is 4.79 Å². The van der Waals surface area contributed by atoms with Gasteiger partial charge in [0.1, 0.15) is 0 Å². The molecule has 0 saturated heterocycles. The summed E-state index contributed by atoms with van der Waals surface area (Å²) in [5, 5.41) is 12.2. The van der Waals surface area contributed by atoms with Crippen LogP contribution < -0.4 is 5.32 Å². The highest BCUT2D eigenvalue weighted by Gasteiger charge is 2.18. The van der Waals surface area contributed by atoms with Gasteiger partial charge in [0, 0.05) is 0 Å². The fourth-order valence-electron chi connectivity index (χ4n) is 1.81. The number of aliphatic hydroxyl groups excluding tert-OH is 1. The molecule has 0 bridgehead atoms. The molecule has 2 atom stereocenters. The van der Waals surface area contributed by atoms with Gasteiger partial charge in [0.25, 0.3) is 0 Å². The number of hydrogen-bond acceptors (Lipinski definition) is 3. The molecule has 2 unspecified atom stereocenters. The topological polar surface area (TPSA) is 49.3 Å². The molecule has 4 heteroatoms. The Morgan fingerprint density at radius 3 is 2.56 bits per heavy atom. The van der Waals surface area contributed by atoms with Crippen LogP contribution in [0.3, 0.4) is 0 Å². The summed E-state index contributed by atoms with van der Waals surface area (Å²) in [6, 6.07) is 9.67. The van der Waals surface area contributed by atoms with Crippen LogP contribution in [0.4, 0.5) is 0 Å². The second-order valence-electron chi connectivity index (χ2n) is 4.21. The van der Waals surface area contributed by atoms with E-state index in [1.54, 1.807) is 11.8 Å². The molecule has 3 nitrogen and oxygen atoms in total. The van der Waals surface area contributed by atoms with Crippen molar-refractivity contribution < 1.29 is 9.90 Å². The molecule has 0 saturated carbocycles. The van der Waals surface area contributed by atoms with E-state index < -0.39 is 0 Å². The first-order chi connectivity index (χ1) is 8.71. The SMILES string of the molecule is CCC(SC)C(=O)NC(CO)Cc1ccccc1. The van der Waals surface area contributed by atoms with Gasteiger partial charge in [-0.05, 0) is 24.7 Å². The van der Waals surface area contributed by atoms with Crippen LogP contribution in [-0.4, -0.2) is 35.2 Å². The molecule has 1 aromatic rings. The van der Waals surface area contributed by atoms with Crippen molar-refractivity contribution in [2.45, 2.75) is 31.1 Å². The predicted octanol–water partition coefficient (Wildman–Crippen LogP) is 1.85. The highest BCUT2D eigenvalue weighted by molar-refractivity contribution is 7.99. The van der Waals surface area contributed by atoms with Crippen molar-refractivity contribution in [3.05, 3.63) is 35.9 Å². The first kappa shape index (κ1) is 15.1. The highest BCUT2D eigenvalue weighted by Crippen LogP contribution is 2.11. The summed E-state index contributed by atoms with van der Waals surface area (Å²) in [4.78, 5) is 11.9. The van der Waals surface area contributed by atoms with Crippen LogP contribution in [-0.2, 0) is 11.2 Å². The zero-order chi connectivity index (χ0) is 13.4. The Balaban J connectivity index is 2.54. The quantitative estimate of drug-likeness (QED) is 0.792. The smallest absolute Gasteiger partial charge is 0.233 e. The minimum absolute atomic E-state index is 0.0139. The standard InChI is InChI=1S/C14H21NO2S/c1-3-13(18-2)14(17)15-12(10-16)9-11-7-5-4-6-8-11/h4-8,12-13,16H,3,9-10H2,1-2H3,(H,15,17). The molecule has 0 aromatic heterocycles. The number of benzene rings is 1. The number of amides is 1. The monoisotopic (exact) mass is 267 g/mol. The molecule has 0 radical (unpaired) electrons. The van der Waals surface area contributed by atoms with E-state index in [1.165, 1.54) is 0 Å². The molecule has 1 rings (SSSR count). The molecule has 1 amide bonds. The van der Waals surface area contributed by atoms with E-state index in [1.807, 2.05) is 43.5 Å². The van der Waals surface area contributed by atoms with E-state index in [0.717, 1.165) is 12.0 Å². The van der Waals surface area contributed by atoms with Crippen molar-refractivity contribution in [2.75, 3.05) is 12.9 Å². The molecule has 0 aliphatic heterocycles. The molecule has 100 valence electrons. The number of carbonyl (C=O) groups excluding carboxylic acids is 1. The molecule has 0 fully saturated rings. The fourth-order valence-corrected chi connectivity index (χ4v) is 2.43. The maximum atomic E-state index is 11.9. The van der Waals surface area contributed by atoms with Crippen molar-refractivity contribution >= 4 is 17.7 Å². The maximum Gasteiger partial charge on any atom is 0.233 e. The third-order valence-electron chi connectivity index (χ3n) is 2.84. The third kappa shape index (κ3) is 4.70. The maximum absolute atomic E-state index is 11.9. The summed E-state index contributed by atoms with van der Waals surface area (Å²) in [7, 11) is 0. The van der Waals surface area contributed by atoms with Gasteiger partial charge in [-0.1, -0.05) is 37.3 Å². The number of nitrogens with one attached hydrogen (secondary N) is 1. The molecule has 18 heavy (non-hydrogen) atoms. The van der Waals surface area contributed by atoms with E-state index in [4.69, 9.17) is 0 Å². The lowest BCUT2D eigenvalue weighted by Gasteiger charge is -2.19. The van der Waals surface area contributed by atoms with E-state index in [-0.39, 0.29) is 23.8 Å². The van der Waals surface area contributed by atoms with Crippen molar-refractivity contribution in [1.82, 2.24) is 5.32 Å². The number of aliphatic hydroxyl groups is 1. The van der Waals surface area contributed by atoms with Gasteiger partial charge in [0.05, 0.1) is 17.9 Å². The minimum Gasteiger partial charge on any atom is -0.394 e. The van der Waals surface area contributed by atoms with Gasteiger partial charge in [0.15, 0.2) is 0 Å². The van der Waals surface area contributed by atoms with Crippen molar-refractivity contribution in [1.29, 1.82) is 0 Å². The Kier molecular flexibility index (Phi) is 6.83. The summed E-state index contributed by atoms with van der Waals surface area (Å²) in [5.41, 5.74) is 1.12. The molecule has 0 spiro atoms. The number of carbonyl (C=O) groups is 1. The lowest BCUT2D eigenvalue weighted by atomic mass is 10.1. The molecular formula is C14H21NO2S. The Bertz CT molecular complexity index is 352. The van der Waals surface area contributed by atoms with E-state index in [0.29, 0.717) is 6.42 Å². The van der Waals surface area contributed by atoms with E-state index in [2.05, 4.69) is 5.32 Å². The molecular weight excluding hydrogens is 246 g/mol. The van der Waals surface area contributed by atoms with E-state index >= 15 is 0 Å². The Morgan fingerprint density at radius 1 is 1.39 bits per heavy atom. The summed E-state index contributed by atoms with van der Waals surface area (Å²) in [6.07, 6.45) is 3.39. The largest absolute Gasteiger partial charge is 0.394 e. The van der Waals surface area contributed by atoms with Gasteiger partial charge in [-0.2, -0.15) is 11.8 Å². The second kappa shape index (κ2) is 8.16. The van der Waals surface area contributed by atoms with Crippen molar-refractivity contribution in [3.63, 3.8) is 0 Å². The number of thioether (sulfide) groups is 1. The molecule has 2 N–H and O–H groups in total. The first-order valence-electron chi connectivity index (χ1n) is 6.19. The molecule has 0 heterocycles. The summed E-state index contributed by atoms with van der Waals surface area (Å²) < 4.78 is 0. The lowest BCUT2D eigenvalue weighted by molar-refractivity contribution is -0.121.